The first-order valence-electron chi connectivity index (χ1n) is 2.34. The third-order valence-electron chi connectivity index (χ3n) is 1.10. The smallest absolute Gasteiger partial charge is 1.00 e. The van der Waals surface area contributed by atoms with E-state index in [0.717, 1.165) is 0 Å². The van der Waals surface area contributed by atoms with Crippen molar-refractivity contribution in [1.82, 2.24) is 0 Å². The van der Waals surface area contributed by atoms with Crippen LogP contribution < -0.4 is 0 Å². The zero-order valence-electron chi connectivity index (χ0n) is 8.15. The Morgan fingerprint density at radius 1 is 1.08 bits per heavy atom. The van der Waals surface area contributed by atoms with Crippen LogP contribution in [-0.2, 0) is 9.13 Å². The van der Waals surface area contributed by atoms with E-state index in [9.17, 15) is 9.13 Å². The standard InChI is InChI=1S/C2H8O7P2.Mg.2H/c1-2(3,10(4,5)6)11(7,8)9;;;/h3H,1H3,(H2,4,5,6)(H2,7,8,9);;;/q;+2;2*-1. The van der Waals surface area contributed by atoms with Crippen LogP contribution in [0.4, 0.5) is 0 Å². The van der Waals surface area contributed by atoms with Gasteiger partial charge in [-0.2, -0.15) is 0 Å². The van der Waals surface area contributed by atoms with E-state index in [1.807, 2.05) is 0 Å². The van der Waals surface area contributed by atoms with Gasteiger partial charge in [0, 0.05) is 0 Å². The van der Waals surface area contributed by atoms with Crippen LogP contribution in [-0.4, -0.2) is 52.8 Å². The van der Waals surface area contributed by atoms with E-state index in [1.165, 1.54) is 0 Å². The molecule has 0 aromatic carbocycles. The van der Waals surface area contributed by atoms with Gasteiger partial charge in [0.25, 0.3) is 5.08 Å². The van der Waals surface area contributed by atoms with Crippen molar-refractivity contribution in [3.63, 3.8) is 0 Å². The topological polar surface area (TPSA) is 135 Å². The van der Waals surface area contributed by atoms with Gasteiger partial charge in [-0.3, -0.25) is 9.13 Å². The van der Waals surface area contributed by atoms with E-state index in [2.05, 4.69) is 0 Å². The summed E-state index contributed by atoms with van der Waals surface area (Å²) in [6.45, 7) is 0.383. The van der Waals surface area contributed by atoms with Gasteiger partial charge in [0.2, 0.25) is 0 Å². The summed E-state index contributed by atoms with van der Waals surface area (Å²) in [5, 5.41) is 5.37. The fraction of sp³-hybridized carbons (Fsp3) is 1.00. The summed E-state index contributed by atoms with van der Waals surface area (Å²) in [5.74, 6) is 0. The minimum Gasteiger partial charge on any atom is -1.00 e. The molecule has 0 aliphatic carbocycles. The van der Waals surface area contributed by atoms with Crippen molar-refractivity contribution in [1.29, 1.82) is 0 Å². The maximum absolute atomic E-state index is 10.3. The fourth-order valence-corrected chi connectivity index (χ4v) is 1.53. The molecule has 7 nitrogen and oxygen atoms in total. The first-order chi connectivity index (χ1) is 4.50. The van der Waals surface area contributed by atoms with Crippen molar-refractivity contribution in [2.24, 2.45) is 0 Å². The van der Waals surface area contributed by atoms with Crippen LogP contribution in [0.5, 0.6) is 0 Å². The summed E-state index contributed by atoms with van der Waals surface area (Å²) in [7, 11) is -10.4. The van der Waals surface area contributed by atoms with Gasteiger partial charge in [-0.05, 0) is 6.92 Å². The molecule has 0 unspecified atom stereocenters. The molecule has 0 rings (SSSR count). The van der Waals surface area contributed by atoms with E-state index in [-0.39, 0.29) is 25.9 Å². The van der Waals surface area contributed by atoms with E-state index in [0.29, 0.717) is 6.92 Å². The molecule has 0 aromatic rings. The quantitative estimate of drug-likeness (QED) is 0.300. The molecule has 0 aliphatic rings. The molecule has 0 fully saturated rings. The summed E-state index contributed by atoms with van der Waals surface area (Å²) < 4.78 is 20.5. The molecule has 0 aromatic heterocycles. The number of rotatable bonds is 2. The van der Waals surface area contributed by atoms with Gasteiger partial charge in [0.1, 0.15) is 0 Å². The minimum absolute atomic E-state index is 0. The van der Waals surface area contributed by atoms with Gasteiger partial charge >= 0.3 is 38.2 Å². The molecule has 0 radical (unpaired) electrons. The third-order valence-corrected chi connectivity index (χ3v) is 4.87. The monoisotopic (exact) mass is 232 g/mol. The predicted molar refractivity (Wildman–Crippen MR) is 42.7 cm³/mol. The second kappa shape index (κ2) is 4.04. The summed E-state index contributed by atoms with van der Waals surface area (Å²) >= 11 is 0. The van der Waals surface area contributed by atoms with Crippen molar-refractivity contribution in [3.8, 4) is 0 Å². The van der Waals surface area contributed by atoms with Crippen LogP contribution in [0.3, 0.4) is 0 Å². The maximum atomic E-state index is 10.3. The zero-order chi connectivity index (χ0) is 9.50. The maximum Gasteiger partial charge on any atom is 2.00 e. The minimum atomic E-state index is -5.20. The summed E-state index contributed by atoms with van der Waals surface area (Å²) in [4.78, 5) is 33.0. The molecule has 0 atom stereocenters. The van der Waals surface area contributed by atoms with Gasteiger partial charge in [-0.25, -0.2) is 0 Å². The molecule has 5 N–H and O–H groups in total. The normalized spacial score (nSPS) is 13.8. The van der Waals surface area contributed by atoms with Crippen LogP contribution in [0.15, 0.2) is 0 Å². The summed E-state index contributed by atoms with van der Waals surface area (Å²) in [5.41, 5.74) is 0. The number of hydrogen-bond acceptors (Lipinski definition) is 3. The molecule has 0 heterocycles. The number of aliphatic hydroxyl groups is 1. The van der Waals surface area contributed by atoms with Gasteiger partial charge in [0.05, 0.1) is 0 Å². The molecule has 72 valence electrons. The number of hydrogen-bond donors (Lipinski definition) is 5. The van der Waals surface area contributed by atoms with Crippen LogP contribution in [0, 0.1) is 0 Å². The molecule has 0 amide bonds. The van der Waals surface area contributed by atoms with Crippen molar-refractivity contribution < 1.29 is 36.7 Å². The zero-order valence-corrected chi connectivity index (χ0v) is 9.36. The largest absolute Gasteiger partial charge is 2.00 e. The molecule has 0 saturated heterocycles. The molecule has 0 spiro atoms. The second-order valence-corrected chi connectivity index (χ2v) is 6.33. The summed E-state index contributed by atoms with van der Waals surface area (Å²) in [6.07, 6.45) is 0. The molecule has 10 heteroatoms. The van der Waals surface area contributed by atoms with Crippen LogP contribution in [0.1, 0.15) is 9.78 Å². The molecular weight excluding hydrogens is 222 g/mol. The van der Waals surface area contributed by atoms with Crippen LogP contribution in [0.25, 0.3) is 0 Å². The molecule has 12 heavy (non-hydrogen) atoms. The Bertz CT molecular complexity index is 220. The average molecular weight is 232 g/mol. The van der Waals surface area contributed by atoms with Gasteiger partial charge < -0.3 is 27.5 Å². The van der Waals surface area contributed by atoms with E-state index in [4.69, 9.17) is 24.7 Å². The fourth-order valence-electron chi connectivity index (χ4n) is 0.170. The Labute approximate surface area is 87.2 Å². The second-order valence-electron chi connectivity index (χ2n) is 2.06. The van der Waals surface area contributed by atoms with E-state index in [1.54, 1.807) is 0 Å². The van der Waals surface area contributed by atoms with E-state index >= 15 is 0 Å². The SMILES string of the molecule is CC(O)(P(=O)(O)O)P(=O)(O)O.[H-].[H-].[Mg+2]. The van der Waals surface area contributed by atoms with Gasteiger partial charge in [-0.15, -0.1) is 0 Å². The molecular formula is C2H10MgO7P2. The first kappa shape index (κ1) is 15.5. The van der Waals surface area contributed by atoms with Gasteiger partial charge in [0.15, 0.2) is 0 Å². The van der Waals surface area contributed by atoms with E-state index < -0.39 is 20.3 Å². The predicted octanol–water partition coefficient (Wildman–Crippen LogP) is -1.15. The van der Waals surface area contributed by atoms with Crippen molar-refractivity contribution in [3.05, 3.63) is 0 Å². The Balaban J connectivity index is -0.000000167. The average Bonchev–Trinajstić information content (AvgIpc) is 1.58. The molecule has 0 saturated carbocycles. The Hall–Kier alpha value is 1.03. The first-order valence-corrected chi connectivity index (χ1v) is 5.56. The van der Waals surface area contributed by atoms with Gasteiger partial charge in [-0.1, -0.05) is 0 Å². The third kappa shape index (κ3) is 3.06. The van der Waals surface area contributed by atoms with Crippen LogP contribution >= 0.6 is 15.2 Å². The molecule has 0 bridgehead atoms. The van der Waals surface area contributed by atoms with Crippen molar-refractivity contribution in [2.45, 2.75) is 12.0 Å². The van der Waals surface area contributed by atoms with Crippen molar-refractivity contribution in [2.75, 3.05) is 0 Å². The Morgan fingerprint density at radius 3 is 1.25 bits per heavy atom. The Kier molecular flexibility index (Phi) is 5.22. The summed E-state index contributed by atoms with van der Waals surface area (Å²) in [6, 6.07) is 0. The van der Waals surface area contributed by atoms with Crippen molar-refractivity contribution >= 4 is 38.2 Å². The Morgan fingerprint density at radius 2 is 1.25 bits per heavy atom. The van der Waals surface area contributed by atoms with Crippen LogP contribution in [0.2, 0.25) is 0 Å². The molecule has 0 aliphatic heterocycles.